The Morgan fingerprint density at radius 2 is 1.87 bits per heavy atom. The van der Waals surface area contributed by atoms with Gasteiger partial charge in [0.15, 0.2) is 5.83 Å². The van der Waals surface area contributed by atoms with E-state index < -0.39 is 27.4 Å². The van der Waals surface area contributed by atoms with E-state index >= 15 is 0 Å². The van der Waals surface area contributed by atoms with Crippen molar-refractivity contribution in [3.8, 4) is 0 Å². The maximum Gasteiger partial charge on any atom is 0.287 e. The van der Waals surface area contributed by atoms with Gasteiger partial charge in [-0.3, -0.25) is 9.59 Å². The van der Waals surface area contributed by atoms with Crippen molar-refractivity contribution in [2.45, 2.75) is 19.8 Å². The topological polar surface area (TPSA) is 75.6 Å². The summed E-state index contributed by atoms with van der Waals surface area (Å²) in [5, 5.41) is 2.40. The van der Waals surface area contributed by atoms with Crippen LogP contribution in [0.2, 0.25) is 0 Å². The summed E-state index contributed by atoms with van der Waals surface area (Å²) in [5.41, 5.74) is 0.656. The molecule has 0 heterocycles. The molecule has 0 aliphatic heterocycles. The molecule has 2 amide bonds. The van der Waals surface area contributed by atoms with Crippen LogP contribution < -0.4 is 5.32 Å². The molecule has 0 aromatic heterocycles. The van der Waals surface area contributed by atoms with E-state index in [1.54, 1.807) is 19.1 Å². The normalized spacial score (nSPS) is 15.7. The number of amides is 2. The number of rotatable bonds is 4. The van der Waals surface area contributed by atoms with Crippen molar-refractivity contribution in [2.75, 3.05) is 17.8 Å². The van der Waals surface area contributed by atoms with Gasteiger partial charge in [-0.15, -0.1) is 0 Å². The molecule has 23 heavy (non-hydrogen) atoms. The zero-order chi connectivity index (χ0) is 17.2. The van der Waals surface area contributed by atoms with Crippen molar-refractivity contribution in [3.63, 3.8) is 0 Å². The van der Waals surface area contributed by atoms with Crippen LogP contribution in [-0.2, 0) is 14.5 Å². The average Bonchev–Trinajstić information content (AvgIpc) is 3.29. The minimum Gasteiger partial charge on any atom is -0.319 e. The maximum absolute atomic E-state index is 14.1. The molecule has 0 radical (unpaired) electrons. The molecule has 2 rings (SSSR count). The highest BCUT2D eigenvalue weighted by Crippen LogP contribution is 2.38. The lowest BCUT2D eigenvalue weighted by molar-refractivity contribution is -0.114. The van der Waals surface area contributed by atoms with E-state index in [4.69, 9.17) is 0 Å². The third-order valence-corrected chi connectivity index (χ3v) is 4.05. The SMILES string of the molecule is C/C(=C(/F)C(=O)Nc1ccccc1C(=O)N=S(C)(C)=O)C1CC1. The number of nitrogens with one attached hydrogen (secondary N) is 1. The lowest BCUT2D eigenvalue weighted by Crippen LogP contribution is -2.16. The van der Waals surface area contributed by atoms with Crippen molar-refractivity contribution in [2.24, 2.45) is 10.3 Å². The van der Waals surface area contributed by atoms with Crippen molar-refractivity contribution in [3.05, 3.63) is 41.2 Å². The highest BCUT2D eigenvalue weighted by molar-refractivity contribution is 7.92. The second kappa shape index (κ2) is 6.62. The third-order valence-electron chi connectivity index (χ3n) is 3.44. The van der Waals surface area contributed by atoms with Gasteiger partial charge in [0, 0.05) is 22.2 Å². The first-order valence-electron chi connectivity index (χ1n) is 7.17. The standard InChI is InChI=1S/C16H19FN2O3S/c1-10(11-8-9-11)14(17)16(21)18-13-7-5-4-6-12(13)15(20)19-23(2,3)22/h4-7,11H,8-9H2,1-3H3,(H,18,21)/b14-10-. The predicted octanol–water partition coefficient (Wildman–Crippen LogP) is 3.15. The van der Waals surface area contributed by atoms with Gasteiger partial charge in [0.05, 0.1) is 11.3 Å². The predicted molar refractivity (Wildman–Crippen MR) is 88.4 cm³/mol. The molecule has 0 spiro atoms. The van der Waals surface area contributed by atoms with Crippen LogP contribution in [-0.4, -0.2) is 28.5 Å². The minimum atomic E-state index is -2.62. The van der Waals surface area contributed by atoms with Crippen molar-refractivity contribution in [1.29, 1.82) is 0 Å². The molecule has 1 aromatic carbocycles. The Hall–Kier alpha value is -2.02. The first kappa shape index (κ1) is 17.3. The number of nitrogens with zero attached hydrogens (tertiary/aromatic N) is 1. The molecule has 1 aromatic rings. The summed E-state index contributed by atoms with van der Waals surface area (Å²) in [6.45, 7) is 1.60. The number of hydrogen-bond donors (Lipinski definition) is 1. The van der Waals surface area contributed by atoms with Gasteiger partial charge in [0.1, 0.15) is 0 Å². The molecule has 0 bridgehead atoms. The molecule has 7 heteroatoms. The van der Waals surface area contributed by atoms with Crippen molar-refractivity contribution in [1.82, 2.24) is 0 Å². The zero-order valence-corrected chi connectivity index (χ0v) is 14.1. The molecule has 1 fully saturated rings. The molecule has 1 saturated carbocycles. The van der Waals surface area contributed by atoms with Gasteiger partial charge < -0.3 is 5.32 Å². The highest BCUT2D eigenvalue weighted by atomic mass is 32.2. The summed E-state index contributed by atoms with van der Waals surface area (Å²) >= 11 is 0. The van der Waals surface area contributed by atoms with Gasteiger partial charge in [-0.05, 0) is 43.4 Å². The third kappa shape index (κ3) is 4.72. The summed E-state index contributed by atoms with van der Waals surface area (Å²) in [6.07, 6.45) is 4.46. The number of halogens is 1. The van der Waals surface area contributed by atoms with Crippen LogP contribution in [0.25, 0.3) is 0 Å². The van der Waals surface area contributed by atoms with E-state index in [0.29, 0.717) is 5.57 Å². The fourth-order valence-corrected chi connectivity index (χ4v) is 2.58. The smallest absolute Gasteiger partial charge is 0.287 e. The molecule has 124 valence electrons. The molecule has 1 N–H and O–H groups in total. The average molecular weight is 338 g/mol. The van der Waals surface area contributed by atoms with E-state index in [1.807, 2.05) is 0 Å². The Kier molecular flexibility index (Phi) is 4.99. The number of benzene rings is 1. The largest absolute Gasteiger partial charge is 0.319 e. The van der Waals surface area contributed by atoms with E-state index in [0.717, 1.165) is 12.8 Å². The monoisotopic (exact) mass is 338 g/mol. The lowest BCUT2D eigenvalue weighted by Gasteiger charge is -2.09. The fourth-order valence-electron chi connectivity index (χ4n) is 2.08. The van der Waals surface area contributed by atoms with Gasteiger partial charge in [-0.25, -0.2) is 8.60 Å². The van der Waals surface area contributed by atoms with Gasteiger partial charge in [-0.2, -0.15) is 4.36 Å². The van der Waals surface area contributed by atoms with Gasteiger partial charge in [0.25, 0.3) is 11.8 Å². The summed E-state index contributed by atoms with van der Waals surface area (Å²) in [4.78, 5) is 24.1. The number of para-hydroxylation sites is 1. The Labute approximate surface area is 135 Å². The molecule has 0 unspecified atom stereocenters. The Morgan fingerprint density at radius 3 is 2.43 bits per heavy atom. The molecule has 1 aliphatic carbocycles. The molecule has 0 saturated heterocycles. The van der Waals surface area contributed by atoms with Crippen LogP contribution in [0, 0.1) is 5.92 Å². The summed E-state index contributed by atoms with van der Waals surface area (Å²) in [5.74, 6) is -2.28. The van der Waals surface area contributed by atoms with Crippen LogP contribution in [0.1, 0.15) is 30.1 Å². The van der Waals surface area contributed by atoms with Crippen LogP contribution in [0.15, 0.2) is 40.0 Å². The first-order valence-corrected chi connectivity index (χ1v) is 9.50. The van der Waals surface area contributed by atoms with Crippen LogP contribution >= 0.6 is 0 Å². The second-order valence-electron chi connectivity index (χ2n) is 5.85. The molecule has 5 nitrogen and oxygen atoms in total. The molecule has 1 aliphatic rings. The summed E-state index contributed by atoms with van der Waals surface area (Å²) in [7, 11) is -2.62. The number of hydrogen-bond acceptors (Lipinski definition) is 3. The Balaban J connectivity index is 2.28. The maximum atomic E-state index is 14.1. The number of anilines is 1. The second-order valence-corrected chi connectivity index (χ2v) is 8.39. The summed E-state index contributed by atoms with van der Waals surface area (Å²) < 4.78 is 29.3. The fraction of sp³-hybridized carbons (Fsp3) is 0.375. The minimum absolute atomic E-state index is 0.0779. The highest BCUT2D eigenvalue weighted by Gasteiger charge is 2.28. The molecule has 0 atom stereocenters. The van der Waals surface area contributed by atoms with Gasteiger partial charge >= 0.3 is 0 Å². The van der Waals surface area contributed by atoms with Crippen molar-refractivity contribution < 1.29 is 18.2 Å². The lowest BCUT2D eigenvalue weighted by atomic mass is 10.1. The Morgan fingerprint density at radius 1 is 1.26 bits per heavy atom. The Bertz CT molecular complexity index is 795. The number of carbonyl (C=O) groups excluding carboxylic acids is 2. The quantitative estimate of drug-likeness (QED) is 0.857. The zero-order valence-electron chi connectivity index (χ0n) is 13.3. The van der Waals surface area contributed by atoms with Crippen LogP contribution in [0.5, 0.6) is 0 Å². The van der Waals surface area contributed by atoms with Gasteiger partial charge in [-0.1, -0.05) is 12.1 Å². The summed E-state index contributed by atoms with van der Waals surface area (Å²) in [6, 6.07) is 6.12. The van der Waals surface area contributed by atoms with Crippen molar-refractivity contribution >= 4 is 27.2 Å². The first-order chi connectivity index (χ1) is 10.7. The van der Waals surface area contributed by atoms with Gasteiger partial charge in [0.2, 0.25) is 0 Å². The number of allylic oxidation sites excluding steroid dienone is 1. The van der Waals surface area contributed by atoms with Crippen LogP contribution in [0.3, 0.4) is 0 Å². The van der Waals surface area contributed by atoms with Crippen LogP contribution in [0.4, 0.5) is 10.1 Å². The number of carbonyl (C=O) groups is 2. The van der Waals surface area contributed by atoms with E-state index in [2.05, 4.69) is 9.68 Å². The van der Waals surface area contributed by atoms with E-state index in [1.165, 1.54) is 24.6 Å². The molecular formula is C16H19FN2O3S. The van der Waals surface area contributed by atoms with E-state index in [9.17, 15) is 18.2 Å². The van der Waals surface area contributed by atoms with E-state index in [-0.39, 0.29) is 17.2 Å². The molecular weight excluding hydrogens is 319 g/mol.